The number of tetrazole rings is 1. The molecular weight excluding hydrogens is 378 g/mol. The molecule has 2 aromatic carbocycles. The molecule has 0 unspecified atom stereocenters. The van der Waals surface area contributed by atoms with Gasteiger partial charge >= 0.3 is 0 Å². The van der Waals surface area contributed by atoms with Gasteiger partial charge < -0.3 is 9.88 Å². The number of para-hydroxylation sites is 3. The molecule has 0 aliphatic heterocycles. The zero-order valence-corrected chi connectivity index (χ0v) is 17.4. The van der Waals surface area contributed by atoms with Gasteiger partial charge in [0.05, 0.1) is 22.3 Å². The highest BCUT2D eigenvalue weighted by Crippen LogP contribution is 2.18. The van der Waals surface area contributed by atoms with Crippen molar-refractivity contribution in [3.05, 3.63) is 65.7 Å². The van der Waals surface area contributed by atoms with E-state index in [0.29, 0.717) is 36.0 Å². The fourth-order valence-corrected chi connectivity index (χ4v) is 3.57. The fourth-order valence-electron chi connectivity index (χ4n) is 3.57. The minimum absolute atomic E-state index is 0.160. The van der Waals surface area contributed by atoms with E-state index in [2.05, 4.69) is 45.3 Å². The van der Waals surface area contributed by atoms with E-state index in [4.69, 9.17) is 4.98 Å². The van der Waals surface area contributed by atoms with Crippen LogP contribution in [0.25, 0.3) is 16.7 Å². The lowest BCUT2D eigenvalue weighted by molar-refractivity contribution is 0.0953. The molecule has 0 saturated heterocycles. The Morgan fingerprint density at radius 2 is 1.87 bits per heavy atom. The predicted molar refractivity (Wildman–Crippen MR) is 114 cm³/mol. The van der Waals surface area contributed by atoms with Crippen molar-refractivity contribution in [3.8, 4) is 5.69 Å². The van der Waals surface area contributed by atoms with Gasteiger partial charge in [0.1, 0.15) is 5.82 Å². The Labute approximate surface area is 174 Å². The quantitative estimate of drug-likeness (QED) is 0.512. The SMILES string of the molecule is Cc1nnnn1-c1ccccc1C(=O)NCCc1nc2ccccc2n1CC(C)C. The second-order valence-corrected chi connectivity index (χ2v) is 7.68. The van der Waals surface area contributed by atoms with E-state index in [9.17, 15) is 4.79 Å². The van der Waals surface area contributed by atoms with Crippen LogP contribution in [0.3, 0.4) is 0 Å². The maximum Gasteiger partial charge on any atom is 0.253 e. The zero-order chi connectivity index (χ0) is 21.1. The summed E-state index contributed by atoms with van der Waals surface area (Å²) < 4.78 is 3.82. The van der Waals surface area contributed by atoms with Crippen LogP contribution >= 0.6 is 0 Å². The summed E-state index contributed by atoms with van der Waals surface area (Å²) in [5, 5.41) is 14.6. The number of rotatable bonds is 7. The summed E-state index contributed by atoms with van der Waals surface area (Å²) in [6.45, 7) is 7.57. The Balaban J connectivity index is 1.51. The lowest BCUT2D eigenvalue weighted by Gasteiger charge is -2.13. The maximum absolute atomic E-state index is 12.9. The number of aryl methyl sites for hydroxylation is 1. The number of imidazole rings is 1. The van der Waals surface area contributed by atoms with E-state index in [1.54, 1.807) is 17.7 Å². The normalized spacial score (nSPS) is 11.3. The molecule has 0 atom stereocenters. The zero-order valence-electron chi connectivity index (χ0n) is 17.4. The number of carbonyl (C=O) groups is 1. The number of amides is 1. The van der Waals surface area contributed by atoms with Gasteiger partial charge in [-0.2, -0.15) is 4.68 Å². The van der Waals surface area contributed by atoms with E-state index in [1.807, 2.05) is 36.4 Å². The van der Waals surface area contributed by atoms with Crippen LogP contribution in [0, 0.1) is 12.8 Å². The lowest BCUT2D eigenvalue weighted by atomic mass is 10.1. The Morgan fingerprint density at radius 1 is 1.10 bits per heavy atom. The molecule has 0 aliphatic rings. The monoisotopic (exact) mass is 403 g/mol. The van der Waals surface area contributed by atoms with Gasteiger partial charge in [0.15, 0.2) is 5.82 Å². The highest BCUT2D eigenvalue weighted by molar-refractivity contribution is 5.97. The van der Waals surface area contributed by atoms with Crippen LogP contribution in [0.5, 0.6) is 0 Å². The van der Waals surface area contributed by atoms with E-state index < -0.39 is 0 Å². The Bertz CT molecular complexity index is 1180. The van der Waals surface area contributed by atoms with Crippen molar-refractivity contribution in [1.82, 2.24) is 35.1 Å². The molecule has 2 aromatic heterocycles. The van der Waals surface area contributed by atoms with Crippen molar-refractivity contribution < 1.29 is 4.79 Å². The summed E-state index contributed by atoms with van der Waals surface area (Å²) in [7, 11) is 0. The largest absolute Gasteiger partial charge is 0.352 e. The number of nitrogens with zero attached hydrogens (tertiary/aromatic N) is 6. The molecule has 30 heavy (non-hydrogen) atoms. The van der Waals surface area contributed by atoms with Crippen molar-refractivity contribution in [3.63, 3.8) is 0 Å². The van der Waals surface area contributed by atoms with Crippen LogP contribution in [-0.4, -0.2) is 42.2 Å². The topological polar surface area (TPSA) is 90.5 Å². The third-order valence-corrected chi connectivity index (χ3v) is 4.92. The van der Waals surface area contributed by atoms with Gasteiger partial charge in [-0.3, -0.25) is 4.79 Å². The van der Waals surface area contributed by atoms with E-state index in [-0.39, 0.29) is 5.91 Å². The first-order valence-electron chi connectivity index (χ1n) is 10.1. The third kappa shape index (κ3) is 3.94. The molecule has 1 N–H and O–H groups in total. The molecule has 8 heteroatoms. The third-order valence-electron chi connectivity index (χ3n) is 4.92. The van der Waals surface area contributed by atoms with Crippen LogP contribution < -0.4 is 5.32 Å². The number of nitrogens with one attached hydrogen (secondary N) is 1. The average Bonchev–Trinajstić information content (AvgIpc) is 3.31. The molecule has 2 heterocycles. The molecule has 4 rings (SSSR count). The minimum Gasteiger partial charge on any atom is -0.352 e. The summed E-state index contributed by atoms with van der Waals surface area (Å²) in [5.74, 6) is 1.95. The van der Waals surface area contributed by atoms with Gasteiger partial charge in [-0.05, 0) is 47.5 Å². The van der Waals surface area contributed by atoms with Gasteiger partial charge in [0.2, 0.25) is 0 Å². The van der Waals surface area contributed by atoms with Gasteiger partial charge in [-0.1, -0.05) is 38.1 Å². The predicted octanol–water partition coefficient (Wildman–Crippen LogP) is 2.95. The van der Waals surface area contributed by atoms with Gasteiger partial charge in [-0.15, -0.1) is 5.10 Å². The van der Waals surface area contributed by atoms with Crippen LogP contribution in [0.15, 0.2) is 48.5 Å². The molecule has 0 bridgehead atoms. The highest BCUT2D eigenvalue weighted by Gasteiger charge is 2.16. The van der Waals surface area contributed by atoms with Crippen molar-refractivity contribution in [2.75, 3.05) is 6.54 Å². The van der Waals surface area contributed by atoms with Crippen LogP contribution in [0.4, 0.5) is 0 Å². The van der Waals surface area contributed by atoms with Gasteiger partial charge in [0.25, 0.3) is 5.91 Å². The van der Waals surface area contributed by atoms with Gasteiger partial charge in [-0.25, -0.2) is 4.98 Å². The standard InChI is InChI=1S/C22H25N7O/c1-15(2)14-28-20-11-7-5-9-18(20)24-21(28)12-13-23-22(30)17-8-4-6-10-19(17)29-16(3)25-26-27-29/h4-11,15H,12-14H2,1-3H3,(H,23,30). The van der Waals surface area contributed by atoms with Crippen molar-refractivity contribution in [1.29, 1.82) is 0 Å². The first kappa shape index (κ1) is 19.8. The molecular formula is C22H25N7O. The second-order valence-electron chi connectivity index (χ2n) is 7.68. The van der Waals surface area contributed by atoms with E-state index in [1.165, 1.54) is 0 Å². The number of aromatic nitrogens is 6. The number of hydrogen-bond acceptors (Lipinski definition) is 5. The number of carbonyl (C=O) groups excluding carboxylic acids is 1. The number of hydrogen-bond donors (Lipinski definition) is 1. The molecule has 0 spiro atoms. The smallest absolute Gasteiger partial charge is 0.253 e. The fraction of sp³-hybridized carbons (Fsp3) is 0.318. The second kappa shape index (κ2) is 8.44. The van der Waals surface area contributed by atoms with Crippen molar-refractivity contribution in [2.24, 2.45) is 5.92 Å². The lowest BCUT2D eigenvalue weighted by Crippen LogP contribution is -2.28. The number of fused-ring (bicyclic) bond motifs is 1. The highest BCUT2D eigenvalue weighted by atomic mass is 16.1. The summed E-state index contributed by atoms with van der Waals surface area (Å²) >= 11 is 0. The summed E-state index contributed by atoms with van der Waals surface area (Å²) in [5.41, 5.74) is 3.30. The van der Waals surface area contributed by atoms with Crippen LogP contribution in [0.2, 0.25) is 0 Å². The van der Waals surface area contributed by atoms with Crippen molar-refractivity contribution >= 4 is 16.9 Å². The Morgan fingerprint density at radius 3 is 2.63 bits per heavy atom. The molecule has 0 aliphatic carbocycles. The van der Waals surface area contributed by atoms with E-state index >= 15 is 0 Å². The minimum atomic E-state index is -0.160. The maximum atomic E-state index is 12.9. The Hall–Kier alpha value is -3.55. The van der Waals surface area contributed by atoms with Crippen molar-refractivity contribution in [2.45, 2.75) is 33.7 Å². The molecule has 154 valence electrons. The van der Waals surface area contributed by atoms with Gasteiger partial charge in [0, 0.05) is 19.5 Å². The molecule has 0 fully saturated rings. The number of benzene rings is 2. The first-order valence-corrected chi connectivity index (χ1v) is 10.1. The molecule has 8 nitrogen and oxygen atoms in total. The Kier molecular flexibility index (Phi) is 5.56. The van der Waals surface area contributed by atoms with Crippen LogP contribution in [0.1, 0.15) is 35.9 Å². The average molecular weight is 403 g/mol. The molecule has 0 radical (unpaired) electrons. The molecule has 0 saturated carbocycles. The van der Waals surface area contributed by atoms with E-state index in [0.717, 1.165) is 23.4 Å². The molecule has 4 aromatic rings. The summed E-state index contributed by atoms with van der Waals surface area (Å²) in [6, 6.07) is 15.5. The first-order chi connectivity index (χ1) is 14.5. The van der Waals surface area contributed by atoms with Crippen LogP contribution in [-0.2, 0) is 13.0 Å². The molecule has 1 amide bonds. The summed E-state index contributed by atoms with van der Waals surface area (Å²) in [6.07, 6.45) is 0.652. The summed E-state index contributed by atoms with van der Waals surface area (Å²) in [4.78, 5) is 17.7.